The SMILES string of the molecule is C[C@@H]1OCCC2=CC(=O)O[C@H]21. The van der Waals surface area contributed by atoms with Crippen molar-refractivity contribution in [3.63, 3.8) is 0 Å². The number of ether oxygens (including phenoxy) is 2. The molecule has 2 aliphatic rings. The van der Waals surface area contributed by atoms with Gasteiger partial charge in [0, 0.05) is 6.08 Å². The molecule has 0 radical (unpaired) electrons. The van der Waals surface area contributed by atoms with Gasteiger partial charge in [-0.2, -0.15) is 0 Å². The van der Waals surface area contributed by atoms with Crippen molar-refractivity contribution >= 4 is 5.97 Å². The summed E-state index contributed by atoms with van der Waals surface area (Å²) in [5.74, 6) is -0.220. The Labute approximate surface area is 65.0 Å². The third-order valence-electron chi connectivity index (χ3n) is 2.11. The van der Waals surface area contributed by atoms with E-state index in [-0.39, 0.29) is 18.2 Å². The predicted octanol–water partition coefficient (Wildman–Crippen LogP) is 0.647. The molecule has 2 aliphatic heterocycles. The summed E-state index contributed by atoms with van der Waals surface area (Å²) >= 11 is 0. The van der Waals surface area contributed by atoms with Crippen LogP contribution in [0.25, 0.3) is 0 Å². The molecule has 1 fully saturated rings. The van der Waals surface area contributed by atoms with Crippen LogP contribution in [0.2, 0.25) is 0 Å². The molecule has 0 unspecified atom stereocenters. The van der Waals surface area contributed by atoms with Crippen molar-refractivity contribution in [2.24, 2.45) is 0 Å². The van der Waals surface area contributed by atoms with Crippen molar-refractivity contribution in [2.45, 2.75) is 25.6 Å². The molecule has 0 aromatic rings. The highest BCUT2D eigenvalue weighted by atomic mass is 16.6. The maximum absolute atomic E-state index is 10.8. The lowest BCUT2D eigenvalue weighted by Crippen LogP contribution is -2.33. The summed E-state index contributed by atoms with van der Waals surface area (Å²) in [6.45, 7) is 2.64. The lowest BCUT2D eigenvalue weighted by Gasteiger charge is -2.26. The van der Waals surface area contributed by atoms with Gasteiger partial charge in [-0.05, 0) is 18.9 Å². The summed E-state index contributed by atoms with van der Waals surface area (Å²) in [5.41, 5.74) is 1.09. The fourth-order valence-corrected chi connectivity index (χ4v) is 1.53. The Morgan fingerprint density at radius 2 is 2.45 bits per heavy atom. The highest BCUT2D eigenvalue weighted by molar-refractivity contribution is 5.86. The molecule has 1 saturated heterocycles. The molecule has 2 atom stereocenters. The summed E-state index contributed by atoms with van der Waals surface area (Å²) in [4.78, 5) is 10.8. The molecule has 0 aromatic heterocycles. The highest BCUT2D eigenvalue weighted by Gasteiger charge is 2.34. The zero-order valence-electron chi connectivity index (χ0n) is 6.37. The maximum Gasteiger partial charge on any atom is 0.331 e. The fourth-order valence-electron chi connectivity index (χ4n) is 1.53. The molecule has 60 valence electrons. The van der Waals surface area contributed by atoms with Crippen LogP contribution in [0.5, 0.6) is 0 Å². The van der Waals surface area contributed by atoms with Gasteiger partial charge in [-0.1, -0.05) is 0 Å². The maximum atomic E-state index is 10.8. The molecule has 0 N–H and O–H groups in total. The summed E-state index contributed by atoms with van der Waals surface area (Å²) in [6, 6.07) is 0. The summed E-state index contributed by atoms with van der Waals surface area (Å²) in [6.07, 6.45) is 2.35. The average Bonchev–Trinajstić information content (AvgIpc) is 2.31. The molecular formula is C8H10O3. The van der Waals surface area contributed by atoms with Crippen LogP contribution >= 0.6 is 0 Å². The predicted molar refractivity (Wildman–Crippen MR) is 38.0 cm³/mol. The van der Waals surface area contributed by atoms with Gasteiger partial charge in [0.1, 0.15) is 6.10 Å². The fraction of sp³-hybridized carbons (Fsp3) is 0.625. The van der Waals surface area contributed by atoms with Gasteiger partial charge in [-0.25, -0.2) is 4.79 Å². The molecule has 0 amide bonds. The Kier molecular flexibility index (Phi) is 1.46. The van der Waals surface area contributed by atoms with E-state index in [9.17, 15) is 4.79 Å². The van der Waals surface area contributed by atoms with E-state index in [1.54, 1.807) is 6.08 Å². The molecule has 2 heterocycles. The molecule has 11 heavy (non-hydrogen) atoms. The molecule has 0 spiro atoms. The van der Waals surface area contributed by atoms with Crippen molar-refractivity contribution < 1.29 is 14.3 Å². The number of carbonyl (C=O) groups is 1. The van der Waals surface area contributed by atoms with E-state index < -0.39 is 0 Å². The van der Waals surface area contributed by atoms with Crippen LogP contribution in [0.4, 0.5) is 0 Å². The normalized spacial score (nSPS) is 36.1. The van der Waals surface area contributed by atoms with Crippen molar-refractivity contribution in [1.82, 2.24) is 0 Å². The Balaban J connectivity index is 2.20. The smallest absolute Gasteiger partial charge is 0.331 e. The van der Waals surface area contributed by atoms with E-state index in [4.69, 9.17) is 9.47 Å². The van der Waals surface area contributed by atoms with Crippen LogP contribution in [0.1, 0.15) is 13.3 Å². The molecule has 0 aliphatic carbocycles. The van der Waals surface area contributed by atoms with Gasteiger partial charge in [0.25, 0.3) is 0 Å². The monoisotopic (exact) mass is 154 g/mol. The zero-order valence-corrected chi connectivity index (χ0v) is 6.37. The van der Waals surface area contributed by atoms with Gasteiger partial charge < -0.3 is 9.47 Å². The van der Waals surface area contributed by atoms with Crippen LogP contribution in [-0.4, -0.2) is 24.8 Å². The first-order valence-corrected chi connectivity index (χ1v) is 3.80. The minimum Gasteiger partial charge on any atom is -0.452 e. The lowest BCUT2D eigenvalue weighted by molar-refractivity contribution is -0.146. The quantitative estimate of drug-likeness (QED) is 0.480. The van der Waals surface area contributed by atoms with Crippen LogP contribution in [0, 0.1) is 0 Å². The van der Waals surface area contributed by atoms with Gasteiger partial charge in [0.15, 0.2) is 0 Å². The topological polar surface area (TPSA) is 35.5 Å². The summed E-state index contributed by atoms with van der Waals surface area (Å²) in [5, 5.41) is 0. The van der Waals surface area contributed by atoms with Gasteiger partial charge in [0.2, 0.25) is 0 Å². The van der Waals surface area contributed by atoms with E-state index in [1.165, 1.54) is 0 Å². The molecule has 3 nitrogen and oxygen atoms in total. The van der Waals surface area contributed by atoms with Gasteiger partial charge in [0.05, 0.1) is 12.7 Å². The number of esters is 1. The molecule has 0 saturated carbocycles. The summed E-state index contributed by atoms with van der Waals surface area (Å²) < 4.78 is 10.3. The van der Waals surface area contributed by atoms with Crippen LogP contribution in [0.3, 0.4) is 0 Å². The minimum atomic E-state index is -0.220. The number of hydrogen-bond acceptors (Lipinski definition) is 3. The van der Waals surface area contributed by atoms with Gasteiger partial charge in [-0.15, -0.1) is 0 Å². The largest absolute Gasteiger partial charge is 0.452 e. The van der Waals surface area contributed by atoms with E-state index in [2.05, 4.69) is 0 Å². The number of carbonyl (C=O) groups excluding carboxylic acids is 1. The number of hydrogen-bond donors (Lipinski definition) is 0. The van der Waals surface area contributed by atoms with E-state index in [0.717, 1.165) is 12.0 Å². The van der Waals surface area contributed by atoms with Crippen molar-refractivity contribution in [2.75, 3.05) is 6.61 Å². The average molecular weight is 154 g/mol. The van der Waals surface area contributed by atoms with E-state index in [1.807, 2.05) is 6.92 Å². The second kappa shape index (κ2) is 2.34. The first kappa shape index (κ1) is 6.85. The Morgan fingerprint density at radius 1 is 1.64 bits per heavy atom. The Bertz CT molecular complexity index is 219. The van der Waals surface area contributed by atoms with E-state index >= 15 is 0 Å². The van der Waals surface area contributed by atoms with Gasteiger partial charge in [-0.3, -0.25) is 0 Å². The van der Waals surface area contributed by atoms with Crippen LogP contribution in [-0.2, 0) is 14.3 Å². The van der Waals surface area contributed by atoms with Crippen molar-refractivity contribution in [3.05, 3.63) is 11.6 Å². The Morgan fingerprint density at radius 3 is 3.18 bits per heavy atom. The summed E-state index contributed by atoms with van der Waals surface area (Å²) in [7, 11) is 0. The molecular weight excluding hydrogens is 144 g/mol. The second-order valence-corrected chi connectivity index (χ2v) is 2.90. The standard InChI is InChI=1S/C8H10O3/c1-5-8-6(2-3-10-5)4-7(9)11-8/h4-5,8H,2-3H2,1H3/t5-,8-/m0/s1. The number of rotatable bonds is 0. The highest BCUT2D eigenvalue weighted by Crippen LogP contribution is 2.27. The molecule has 3 heteroatoms. The third-order valence-corrected chi connectivity index (χ3v) is 2.11. The first-order valence-electron chi connectivity index (χ1n) is 3.80. The van der Waals surface area contributed by atoms with Crippen molar-refractivity contribution in [3.8, 4) is 0 Å². The first-order chi connectivity index (χ1) is 5.27. The van der Waals surface area contributed by atoms with Crippen LogP contribution < -0.4 is 0 Å². The van der Waals surface area contributed by atoms with E-state index in [0.29, 0.717) is 6.61 Å². The Hall–Kier alpha value is -0.830. The second-order valence-electron chi connectivity index (χ2n) is 2.90. The van der Waals surface area contributed by atoms with Crippen molar-refractivity contribution in [1.29, 1.82) is 0 Å². The van der Waals surface area contributed by atoms with Crippen LogP contribution in [0.15, 0.2) is 11.6 Å². The van der Waals surface area contributed by atoms with Gasteiger partial charge >= 0.3 is 5.97 Å². The lowest BCUT2D eigenvalue weighted by atomic mass is 10.0. The molecule has 0 aromatic carbocycles. The molecule has 2 rings (SSSR count). The third kappa shape index (κ3) is 1.05. The number of fused-ring (bicyclic) bond motifs is 1. The molecule has 0 bridgehead atoms. The zero-order chi connectivity index (χ0) is 7.84. The minimum absolute atomic E-state index is 0.0291.